The number of anilines is 1. The van der Waals surface area contributed by atoms with E-state index in [-0.39, 0.29) is 5.91 Å². The highest BCUT2D eigenvalue weighted by atomic mass is 35.5. The Bertz CT molecular complexity index is 1180. The Kier molecular flexibility index (Phi) is 6.29. The van der Waals surface area contributed by atoms with E-state index in [1.54, 1.807) is 37.5 Å². The molecule has 2 aromatic heterocycles. The molecule has 2 heterocycles. The van der Waals surface area contributed by atoms with Crippen molar-refractivity contribution in [2.45, 2.75) is 17.3 Å². The third-order valence-corrected chi connectivity index (χ3v) is 5.74. The number of methoxy groups -OCH3 is 1. The smallest absolute Gasteiger partial charge is 0.237 e. The molecule has 0 bridgehead atoms. The summed E-state index contributed by atoms with van der Waals surface area (Å²) in [4.78, 5) is 12.9. The number of ether oxygens (including phenoxy) is 1. The van der Waals surface area contributed by atoms with Crippen LogP contribution < -0.4 is 10.1 Å². The average molecular weight is 455 g/mol. The first-order valence-corrected chi connectivity index (χ1v) is 10.7. The second-order valence-corrected chi connectivity index (χ2v) is 8.29. The van der Waals surface area contributed by atoms with E-state index in [2.05, 4.69) is 15.5 Å². The third kappa shape index (κ3) is 4.60. The number of nitrogens with zero attached hydrogens (tertiary/aromatic N) is 3. The number of aromatic nitrogens is 3. The zero-order chi connectivity index (χ0) is 21.8. The van der Waals surface area contributed by atoms with Crippen molar-refractivity contribution in [2.75, 3.05) is 12.4 Å². The molecule has 4 aromatic rings. The van der Waals surface area contributed by atoms with Crippen molar-refractivity contribution >= 4 is 35.0 Å². The number of furan rings is 1. The number of benzene rings is 2. The Morgan fingerprint density at radius 3 is 2.68 bits per heavy atom. The highest BCUT2D eigenvalue weighted by Crippen LogP contribution is 2.32. The molecule has 0 saturated carbocycles. The number of hydrogen-bond donors (Lipinski definition) is 1. The van der Waals surface area contributed by atoms with Gasteiger partial charge < -0.3 is 14.5 Å². The lowest BCUT2D eigenvalue weighted by Gasteiger charge is -2.15. The Morgan fingerprint density at radius 2 is 1.97 bits per heavy atom. The fraction of sp³-hybridized carbons (Fsp3) is 0.136. The van der Waals surface area contributed by atoms with Gasteiger partial charge in [0.05, 0.1) is 24.3 Å². The SMILES string of the molecule is COc1ccc(Cl)cc1NC(=O)C(C)Sc1nnc(-c2ccco2)n1-c1ccccc1. The van der Waals surface area contributed by atoms with Crippen molar-refractivity contribution in [1.82, 2.24) is 14.8 Å². The average Bonchev–Trinajstić information content (AvgIpc) is 3.44. The summed E-state index contributed by atoms with van der Waals surface area (Å²) in [7, 11) is 1.54. The molecule has 0 aliphatic carbocycles. The van der Waals surface area contributed by atoms with Crippen LogP contribution in [0.25, 0.3) is 17.3 Å². The summed E-state index contributed by atoms with van der Waals surface area (Å²) in [5, 5.41) is 12.1. The summed E-state index contributed by atoms with van der Waals surface area (Å²) in [6.07, 6.45) is 1.58. The lowest BCUT2D eigenvalue weighted by atomic mass is 10.3. The van der Waals surface area contributed by atoms with Crippen LogP contribution in [0.4, 0.5) is 5.69 Å². The molecular formula is C22H19ClN4O3S. The molecule has 7 nitrogen and oxygen atoms in total. The molecule has 31 heavy (non-hydrogen) atoms. The van der Waals surface area contributed by atoms with Crippen LogP contribution in [0.15, 0.2) is 76.5 Å². The molecule has 1 atom stereocenters. The Labute approximate surface area is 188 Å². The van der Waals surface area contributed by atoms with Crippen LogP contribution in [0.3, 0.4) is 0 Å². The van der Waals surface area contributed by atoms with Gasteiger partial charge in [-0.25, -0.2) is 0 Å². The van der Waals surface area contributed by atoms with E-state index >= 15 is 0 Å². The van der Waals surface area contributed by atoms with E-state index in [1.807, 2.05) is 41.0 Å². The van der Waals surface area contributed by atoms with Gasteiger partial charge in [-0.15, -0.1) is 10.2 Å². The summed E-state index contributed by atoms with van der Waals surface area (Å²) in [5.74, 6) is 1.46. The van der Waals surface area contributed by atoms with Crippen LogP contribution >= 0.6 is 23.4 Å². The maximum atomic E-state index is 12.9. The molecule has 0 spiro atoms. The van der Waals surface area contributed by atoms with Gasteiger partial charge >= 0.3 is 0 Å². The van der Waals surface area contributed by atoms with Crippen LogP contribution in [0.2, 0.25) is 5.02 Å². The zero-order valence-electron chi connectivity index (χ0n) is 16.8. The number of thioether (sulfide) groups is 1. The number of amides is 1. The van der Waals surface area contributed by atoms with E-state index in [1.165, 1.54) is 18.9 Å². The fourth-order valence-electron chi connectivity index (χ4n) is 2.95. The van der Waals surface area contributed by atoms with Gasteiger partial charge in [0, 0.05) is 10.7 Å². The van der Waals surface area contributed by atoms with Gasteiger partial charge in [0.15, 0.2) is 10.9 Å². The molecule has 0 aliphatic heterocycles. The van der Waals surface area contributed by atoms with E-state index in [4.69, 9.17) is 20.8 Å². The van der Waals surface area contributed by atoms with Crippen molar-refractivity contribution in [3.8, 4) is 23.0 Å². The molecule has 1 amide bonds. The fourth-order valence-corrected chi connectivity index (χ4v) is 3.98. The quantitative estimate of drug-likeness (QED) is 0.381. The van der Waals surface area contributed by atoms with Crippen molar-refractivity contribution < 1.29 is 13.9 Å². The lowest BCUT2D eigenvalue weighted by molar-refractivity contribution is -0.115. The summed E-state index contributed by atoms with van der Waals surface area (Å²) >= 11 is 7.35. The number of carbonyl (C=O) groups excluding carboxylic acids is 1. The number of hydrogen-bond acceptors (Lipinski definition) is 6. The molecule has 1 unspecified atom stereocenters. The number of para-hydroxylation sites is 1. The van der Waals surface area contributed by atoms with E-state index in [9.17, 15) is 4.79 Å². The normalized spacial score (nSPS) is 11.8. The van der Waals surface area contributed by atoms with Gasteiger partial charge in [0.2, 0.25) is 11.7 Å². The highest BCUT2D eigenvalue weighted by Gasteiger charge is 2.23. The summed E-state index contributed by atoms with van der Waals surface area (Å²) < 4.78 is 12.7. The minimum absolute atomic E-state index is 0.215. The van der Waals surface area contributed by atoms with Gasteiger partial charge in [-0.05, 0) is 49.4 Å². The predicted molar refractivity (Wildman–Crippen MR) is 121 cm³/mol. The minimum atomic E-state index is -0.472. The summed E-state index contributed by atoms with van der Waals surface area (Å²) in [6, 6.07) is 18.3. The molecule has 9 heteroatoms. The molecule has 0 aliphatic rings. The highest BCUT2D eigenvalue weighted by molar-refractivity contribution is 8.00. The van der Waals surface area contributed by atoms with Crippen LogP contribution in [0.1, 0.15) is 6.92 Å². The Morgan fingerprint density at radius 1 is 1.16 bits per heavy atom. The Hall–Kier alpha value is -3.23. The molecule has 4 rings (SSSR count). The Balaban J connectivity index is 1.61. The summed E-state index contributed by atoms with van der Waals surface area (Å²) in [5.41, 5.74) is 1.37. The van der Waals surface area contributed by atoms with Gasteiger partial charge in [-0.3, -0.25) is 9.36 Å². The van der Waals surface area contributed by atoms with Crippen LogP contribution in [0, 0.1) is 0 Å². The largest absolute Gasteiger partial charge is 0.495 e. The molecule has 0 radical (unpaired) electrons. The van der Waals surface area contributed by atoms with Crippen molar-refractivity contribution in [1.29, 1.82) is 0 Å². The second kappa shape index (κ2) is 9.28. The molecular weight excluding hydrogens is 436 g/mol. The first-order chi connectivity index (χ1) is 15.1. The predicted octanol–water partition coefficient (Wildman–Crippen LogP) is 5.31. The van der Waals surface area contributed by atoms with Gasteiger partial charge in [0.1, 0.15) is 5.75 Å². The van der Waals surface area contributed by atoms with Crippen LogP contribution in [-0.2, 0) is 4.79 Å². The maximum absolute atomic E-state index is 12.9. The molecule has 158 valence electrons. The maximum Gasteiger partial charge on any atom is 0.237 e. The van der Waals surface area contributed by atoms with E-state index in [0.717, 1.165) is 5.69 Å². The molecule has 1 N–H and O–H groups in total. The topological polar surface area (TPSA) is 82.2 Å². The lowest BCUT2D eigenvalue weighted by Crippen LogP contribution is -2.23. The van der Waals surface area contributed by atoms with Gasteiger partial charge in [-0.1, -0.05) is 41.6 Å². The van der Waals surface area contributed by atoms with Crippen LogP contribution in [0.5, 0.6) is 5.75 Å². The van der Waals surface area contributed by atoms with Crippen LogP contribution in [-0.4, -0.2) is 33.0 Å². The van der Waals surface area contributed by atoms with Gasteiger partial charge in [-0.2, -0.15) is 0 Å². The van der Waals surface area contributed by atoms with Gasteiger partial charge in [0.25, 0.3) is 0 Å². The van der Waals surface area contributed by atoms with Crippen molar-refractivity contribution in [3.05, 3.63) is 71.9 Å². The zero-order valence-corrected chi connectivity index (χ0v) is 18.4. The monoisotopic (exact) mass is 454 g/mol. The number of halogens is 1. The van der Waals surface area contributed by atoms with E-state index in [0.29, 0.717) is 33.2 Å². The number of rotatable bonds is 7. The van der Waals surface area contributed by atoms with Crippen molar-refractivity contribution in [3.63, 3.8) is 0 Å². The van der Waals surface area contributed by atoms with Crippen molar-refractivity contribution in [2.24, 2.45) is 0 Å². The molecule has 0 fully saturated rings. The number of nitrogens with one attached hydrogen (secondary N) is 1. The molecule has 2 aromatic carbocycles. The minimum Gasteiger partial charge on any atom is -0.495 e. The third-order valence-electron chi connectivity index (χ3n) is 4.46. The standard InChI is InChI=1S/C22H19ClN4O3S/c1-14(21(28)24-17-13-15(23)10-11-18(17)29-2)31-22-26-25-20(19-9-6-12-30-19)27(22)16-7-4-3-5-8-16/h3-14H,1-2H3,(H,24,28). The molecule has 0 saturated heterocycles. The number of carbonyl (C=O) groups is 1. The first-order valence-electron chi connectivity index (χ1n) is 9.42. The first kappa shape index (κ1) is 21.0. The van der Waals surface area contributed by atoms with E-state index < -0.39 is 5.25 Å². The second-order valence-electron chi connectivity index (χ2n) is 6.55. The summed E-state index contributed by atoms with van der Waals surface area (Å²) in [6.45, 7) is 1.80.